The normalized spacial score (nSPS) is 11.1. The van der Waals surface area contributed by atoms with Gasteiger partial charge in [-0.15, -0.1) is 0 Å². The van der Waals surface area contributed by atoms with Crippen molar-refractivity contribution in [2.75, 3.05) is 0 Å². The summed E-state index contributed by atoms with van der Waals surface area (Å²) in [7, 11) is 0. The molecule has 0 saturated carbocycles. The van der Waals surface area contributed by atoms with Gasteiger partial charge in [-0.25, -0.2) is 4.98 Å². The first kappa shape index (κ1) is 9.48. The molecule has 3 aromatic rings. The molecule has 0 spiro atoms. The quantitative estimate of drug-likeness (QED) is 0.694. The van der Waals surface area contributed by atoms with E-state index in [1.165, 1.54) is 5.56 Å². The number of halogens is 1. The average Bonchev–Trinajstić information content (AvgIpc) is 2.82. The van der Waals surface area contributed by atoms with Gasteiger partial charge in [-0.2, -0.15) is 0 Å². The first-order valence-corrected chi connectivity index (χ1v) is 5.31. The molecular formula is C12H9ClN2O. The first-order valence-electron chi connectivity index (χ1n) is 4.94. The predicted octanol–water partition coefficient (Wildman–Crippen LogP) is 3.78. The zero-order valence-corrected chi connectivity index (χ0v) is 9.38. The van der Waals surface area contributed by atoms with Crippen molar-refractivity contribution in [2.24, 2.45) is 0 Å². The Morgan fingerprint density at radius 3 is 2.94 bits per heavy atom. The Morgan fingerprint density at radius 1 is 1.31 bits per heavy atom. The maximum Gasteiger partial charge on any atom is 0.203 e. The van der Waals surface area contributed by atoms with Gasteiger partial charge in [0.1, 0.15) is 5.82 Å². The van der Waals surface area contributed by atoms with Crippen LogP contribution in [0.15, 0.2) is 34.9 Å². The molecule has 0 aliphatic heterocycles. The van der Waals surface area contributed by atoms with Crippen LogP contribution in [0.25, 0.3) is 22.4 Å². The second-order valence-corrected chi connectivity index (χ2v) is 4.06. The summed E-state index contributed by atoms with van der Waals surface area (Å²) in [6.45, 7) is 2.05. The summed E-state index contributed by atoms with van der Waals surface area (Å²) in [6.07, 6.45) is 1.55. The molecule has 0 aliphatic carbocycles. The number of aryl methyl sites for hydroxylation is 1. The number of imidazole rings is 1. The monoisotopic (exact) mass is 232 g/mol. The predicted molar refractivity (Wildman–Crippen MR) is 63.5 cm³/mol. The lowest BCUT2D eigenvalue weighted by Crippen LogP contribution is -1.76. The molecule has 3 nitrogen and oxygen atoms in total. The van der Waals surface area contributed by atoms with Crippen LogP contribution in [0, 0.1) is 6.92 Å². The van der Waals surface area contributed by atoms with Crippen molar-refractivity contribution < 1.29 is 4.42 Å². The van der Waals surface area contributed by atoms with Gasteiger partial charge in [0.15, 0.2) is 0 Å². The number of H-pyrrole nitrogens is 1. The molecule has 0 radical (unpaired) electrons. The highest BCUT2D eigenvalue weighted by atomic mass is 35.5. The molecule has 0 atom stereocenters. The van der Waals surface area contributed by atoms with E-state index < -0.39 is 0 Å². The third kappa shape index (κ3) is 1.41. The number of rotatable bonds is 1. The van der Waals surface area contributed by atoms with Crippen LogP contribution in [0.2, 0.25) is 5.22 Å². The molecule has 0 amide bonds. The zero-order chi connectivity index (χ0) is 11.1. The maximum atomic E-state index is 5.91. The lowest BCUT2D eigenvalue weighted by Gasteiger charge is -1.90. The van der Waals surface area contributed by atoms with Crippen LogP contribution in [0.5, 0.6) is 0 Å². The van der Waals surface area contributed by atoms with Crippen LogP contribution >= 0.6 is 11.6 Å². The Morgan fingerprint density at radius 2 is 2.19 bits per heavy atom. The minimum Gasteiger partial charge on any atom is -0.452 e. The molecule has 1 N–H and O–H groups in total. The van der Waals surface area contributed by atoms with E-state index in [1.54, 1.807) is 12.3 Å². The van der Waals surface area contributed by atoms with Crippen molar-refractivity contribution in [1.82, 2.24) is 9.97 Å². The molecule has 0 aliphatic rings. The van der Waals surface area contributed by atoms with Gasteiger partial charge in [-0.1, -0.05) is 6.07 Å². The van der Waals surface area contributed by atoms with Crippen LogP contribution in [-0.2, 0) is 0 Å². The third-order valence-corrected chi connectivity index (χ3v) is 2.80. The molecule has 0 saturated heterocycles. The van der Waals surface area contributed by atoms with E-state index in [-0.39, 0.29) is 0 Å². The lowest BCUT2D eigenvalue weighted by atomic mass is 10.2. The molecule has 4 heteroatoms. The van der Waals surface area contributed by atoms with Gasteiger partial charge in [0.2, 0.25) is 5.22 Å². The molecule has 2 aromatic heterocycles. The van der Waals surface area contributed by atoms with E-state index in [0.717, 1.165) is 22.4 Å². The van der Waals surface area contributed by atoms with E-state index in [4.69, 9.17) is 16.0 Å². The summed E-state index contributed by atoms with van der Waals surface area (Å²) < 4.78 is 5.04. The Kier molecular flexibility index (Phi) is 2.01. The van der Waals surface area contributed by atoms with Gasteiger partial charge in [0.05, 0.1) is 22.9 Å². The summed E-state index contributed by atoms with van der Waals surface area (Å²) in [5, 5.41) is 0.357. The molecule has 3 rings (SSSR count). The van der Waals surface area contributed by atoms with E-state index in [2.05, 4.69) is 16.0 Å². The molecule has 16 heavy (non-hydrogen) atoms. The number of hydrogen-bond acceptors (Lipinski definition) is 2. The largest absolute Gasteiger partial charge is 0.452 e. The summed E-state index contributed by atoms with van der Waals surface area (Å²) in [6, 6.07) is 7.87. The second-order valence-electron chi connectivity index (χ2n) is 3.71. The summed E-state index contributed by atoms with van der Waals surface area (Å²) >= 11 is 5.91. The molecule has 2 heterocycles. The van der Waals surface area contributed by atoms with Crippen molar-refractivity contribution in [2.45, 2.75) is 6.92 Å². The number of furan rings is 1. The number of nitrogens with zero attached hydrogens (tertiary/aromatic N) is 1. The zero-order valence-electron chi connectivity index (χ0n) is 8.62. The molecule has 1 aromatic carbocycles. The topological polar surface area (TPSA) is 41.8 Å². The maximum absolute atomic E-state index is 5.91. The Bertz CT molecular complexity index is 654. The minimum atomic E-state index is 0.357. The van der Waals surface area contributed by atoms with Crippen LogP contribution < -0.4 is 0 Å². The SMILES string of the molecule is Cc1ccc2nc(-c3ccoc3Cl)[nH]c2c1. The number of aromatic amines is 1. The van der Waals surface area contributed by atoms with Gasteiger partial charge >= 0.3 is 0 Å². The summed E-state index contributed by atoms with van der Waals surface area (Å²) in [5.74, 6) is 0.736. The van der Waals surface area contributed by atoms with Crippen LogP contribution in [0.1, 0.15) is 5.56 Å². The smallest absolute Gasteiger partial charge is 0.203 e. The highest BCUT2D eigenvalue weighted by Gasteiger charge is 2.10. The van der Waals surface area contributed by atoms with E-state index in [0.29, 0.717) is 5.22 Å². The fourth-order valence-corrected chi connectivity index (χ4v) is 1.92. The van der Waals surface area contributed by atoms with E-state index in [9.17, 15) is 0 Å². The van der Waals surface area contributed by atoms with E-state index in [1.807, 2.05) is 19.1 Å². The Hall–Kier alpha value is -1.74. The van der Waals surface area contributed by atoms with Crippen molar-refractivity contribution >= 4 is 22.6 Å². The Labute approximate surface area is 97.1 Å². The van der Waals surface area contributed by atoms with Gasteiger partial charge in [0.25, 0.3) is 0 Å². The van der Waals surface area contributed by atoms with Gasteiger partial charge < -0.3 is 9.40 Å². The van der Waals surface area contributed by atoms with Gasteiger partial charge in [-0.3, -0.25) is 0 Å². The number of hydrogen-bond donors (Lipinski definition) is 1. The van der Waals surface area contributed by atoms with Crippen LogP contribution in [0.3, 0.4) is 0 Å². The molecule has 0 unspecified atom stereocenters. The number of nitrogens with one attached hydrogen (secondary N) is 1. The lowest BCUT2D eigenvalue weighted by molar-refractivity contribution is 0.570. The molecule has 80 valence electrons. The first-order chi connectivity index (χ1) is 7.74. The molecule has 0 bridgehead atoms. The van der Waals surface area contributed by atoms with Gasteiger partial charge in [-0.05, 0) is 42.3 Å². The highest BCUT2D eigenvalue weighted by Crippen LogP contribution is 2.28. The van der Waals surface area contributed by atoms with Crippen molar-refractivity contribution in [3.05, 3.63) is 41.3 Å². The van der Waals surface area contributed by atoms with Crippen LogP contribution in [0.4, 0.5) is 0 Å². The number of fused-ring (bicyclic) bond motifs is 1. The summed E-state index contributed by atoms with van der Waals surface area (Å²) in [4.78, 5) is 7.68. The fraction of sp³-hybridized carbons (Fsp3) is 0.0833. The standard InChI is InChI=1S/C12H9ClN2O/c1-7-2-3-9-10(6-7)15-12(14-9)8-4-5-16-11(8)13/h2-6H,1H3,(H,14,15). The average molecular weight is 233 g/mol. The van der Waals surface area contributed by atoms with E-state index >= 15 is 0 Å². The van der Waals surface area contributed by atoms with Crippen molar-refractivity contribution in [3.63, 3.8) is 0 Å². The van der Waals surface area contributed by atoms with Crippen molar-refractivity contribution in [3.8, 4) is 11.4 Å². The van der Waals surface area contributed by atoms with Crippen LogP contribution in [-0.4, -0.2) is 9.97 Å². The highest BCUT2D eigenvalue weighted by molar-refractivity contribution is 6.31. The Balaban J connectivity index is 2.23. The fourth-order valence-electron chi connectivity index (χ4n) is 1.71. The molecule has 0 fully saturated rings. The third-order valence-electron chi connectivity index (χ3n) is 2.51. The van der Waals surface area contributed by atoms with Crippen molar-refractivity contribution in [1.29, 1.82) is 0 Å². The minimum absolute atomic E-state index is 0.357. The number of benzene rings is 1. The molecular weight excluding hydrogens is 224 g/mol. The second kappa shape index (κ2) is 3.39. The summed E-state index contributed by atoms with van der Waals surface area (Å²) in [5.41, 5.74) is 3.92. The van der Waals surface area contributed by atoms with Gasteiger partial charge in [0, 0.05) is 0 Å². The number of aromatic nitrogens is 2.